The summed E-state index contributed by atoms with van der Waals surface area (Å²) >= 11 is 0. The van der Waals surface area contributed by atoms with Crippen molar-refractivity contribution in [1.82, 2.24) is 0 Å². The number of anilines is 1. The Hall–Kier alpha value is -1.18. The maximum absolute atomic E-state index is 9.60. The normalized spacial score (nSPS) is 17.5. The van der Waals surface area contributed by atoms with Crippen LogP contribution in [0, 0.1) is 12.8 Å². The monoisotopic (exact) mass is 205 g/mol. The first-order valence-corrected chi connectivity index (χ1v) is 5.77. The molecule has 1 unspecified atom stereocenters. The van der Waals surface area contributed by atoms with Gasteiger partial charge in [-0.15, -0.1) is 0 Å². The first-order chi connectivity index (χ1) is 7.20. The van der Waals surface area contributed by atoms with Crippen LogP contribution in [0.3, 0.4) is 0 Å². The van der Waals surface area contributed by atoms with Crippen molar-refractivity contribution in [2.45, 2.75) is 39.2 Å². The third-order valence-electron chi connectivity index (χ3n) is 3.19. The molecule has 2 N–H and O–H groups in total. The maximum Gasteiger partial charge on any atom is 0.120 e. The van der Waals surface area contributed by atoms with Gasteiger partial charge in [-0.2, -0.15) is 0 Å². The van der Waals surface area contributed by atoms with E-state index in [2.05, 4.69) is 12.2 Å². The van der Waals surface area contributed by atoms with E-state index in [1.807, 2.05) is 25.1 Å². The third kappa shape index (κ3) is 2.44. The van der Waals surface area contributed by atoms with E-state index in [4.69, 9.17) is 0 Å². The van der Waals surface area contributed by atoms with E-state index < -0.39 is 0 Å². The van der Waals surface area contributed by atoms with Crippen LogP contribution in [0.4, 0.5) is 5.69 Å². The summed E-state index contributed by atoms with van der Waals surface area (Å²) < 4.78 is 0. The first kappa shape index (κ1) is 10.3. The van der Waals surface area contributed by atoms with Gasteiger partial charge in [-0.25, -0.2) is 0 Å². The Kier molecular flexibility index (Phi) is 2.85. The van der Waals surface area contributed by atoms with E-state index >= 15 is 0 Å². The Morgan fingerprint density at radius 1 is 1.47 bits per heavy atom. The summed E-state index contributed by atoms with van der Waals surface area (Å²) in [6.07, 6.45) is 3.85. The molecular formula is C13H19NO. The summed E-state index contributed by atoms with van der Waals surface area (Å²) in [5, 5.41) is 13.1. The number of hydrogen-bond acceptors (Lipinski definition) is 2. The Balaban J connectivity index is 2.05. The molecule has 1 atom stereocenters. The van der Waals surface area contributed by atoms with E-state index in [1.165, 1.54) is 12.8 Å². The van der Waals surface area contributed by atoms with Crippen LogP contribution in [0.1, 0.15) is 31.7 Å². The smallest absolute Gasteiger partial charge is 0.120 e. The highest BCUT2D eigenvalue weighted by atomic mass is 16.3. The van der Waals surface area contributed by atoms with Crippen molar-refractivity contribution < 1.29 is 5.11 Å². The summed E-state index contributed by atoms with van der Waals surface area (Å²) in [7, 11) is 0. The summed E-state index contributed by atoms with van der Waals surface area (Å²) in [5.74, 6) is 1.23. The summed E-state index contributed by atoms with van der Waals surface area (Å²) in [5.41, 5.74) is 1.97. The standard InChI is InChI=1S/C13H19NO/c1-3-12(10-5-6-10)14-11-7-4-9(2)13(15)8-11/h4,7-8,10,12,14-15H,3,5-6H2,1-2H3. The van der Waals surface area contributed by atoms with E-state index in [1.54, 1.807) is 0 Å². The molecule has 0 amide bonds. The number of phenolic OH excluding ortho intramolecular Hbond substituents is 1. The predicted molar refractivity (Wildman–Crippen MR) is 63.3 cm³/mol. The van der Waals surface area contributed by atoms with Gasteiger partial charge in [0, 0.05) is 17.8 Å². The average molecular weight is 205 g/mol. The lowest BCUT2D eigenvalue weighted by Crippen LogP contribution is -2.20. The van der Waals surface area contributed by atoms with Crippen molar-refractivity contribution in [2.75, 3.05) is 5.32 Å². The molecule has 0 heterocycles. The van der Waals surface area contributed by atoms with E-state index in [0.29, 0.717) is 11.8 Å². The van der Waals surface area contributed by atoms with Gasteiger partial charge in [0.1, 0.15) is 5.75 Å². The second kappa shape index (κ2) is 4.13. The molecule has 2 heteroatoms. The highest BCUT2D eigenvalue weighted by Crippen LogP contribution is 2.36. The predicted octanol–water partition coefficient (Wildman–Crippen LogP) is 3.30. The fraction of sp³-hybridized carbons (Fsp3) is 0.538. The highest BCUT2D eigenvalue weighted by Gasteiger charge is 2.29. The minimum Gasteiger partial charge on any atom is -0.508 e. The van der Waals surface area contributed by atoms with Gasteiger partial charge in [0.05, 0.1) is 0 Å². The minimum atomic E-state index is 0.380. The fourth-order valence-electron chi connectivity index (χ4n) is 1.97. The lowest BCUT2D eigenvalue weighted by Gasteiger charge is -2.18. The van der Waals surface area contributed by atoms with Crippen LogP contribution in [-0.2, 0) is 0 Å². The lowest BCUT2D eigenvalue weighted by molar-refractivity contribution is 0.471. The van der Waals surface area contributed by atoms with Crippen LogP contribution >= 0.6 is 0 Å². The van der Waals surface area contributed by atoms with E-state index in [9.17, 15) is 5.11 Å². The van der Waals surface area contributed by atoms with Crippen molar-refractivity contribution >= 4 is 5.69 Å². The van der Waals surface area contributed by atoms with Gasteiger partial charge in [-0.3, -0.25) is 0 Å². The van der Waals surface area contributed by atoms with Gasteiger partial charge in [0.2, 0.25) is 0 Å². The van der Waals surface area contributed by atoms with Crippen molar-refractivity contribution in [3.63, 3.8) is 0 Å². The fourth-order valence-corrected chi connectivity index (χ4v) is 1.97. The first-order valence-electron chi connectivity index (χ1n) is 5.77. The summed E-state index contributed by atoms with van der Waals surface area (Å²) in [6.45, 7) is 4.13. The zero-order chi connectivity index (χ0) is 10.8. The molecule has 15 heavy (non-hydrogen) atoms. The molecule has 0 radical (unpaired) electrons. The number of aromatic hydroxyl groups is 1. The number of rotatable bonds is 4. The Bertz CT molecular complexity index is 344. The van der Waals surface area contributed by atoms with Gasteiger partial charge in [-0.1, -0.05) is 13.0 Å². The van der Waals surface area contributed by atoms with Crippen LogP contribution in [0.2, 0.25) is 0 Å². The average Bonchev–Trinajstić information content (AvgIpc) is 3.03. The van der Waals surface area contributed by atoms with Crippen molar-refractivity contribution in [2.24, 2.45) is 5.92 Å². The molecule has 1 aromatic rings. The molecule has 0 spiro atoms. The van der Waals surface area contributed by atoms with Crippen molar-refractivity contribution in [1.29, 1.82) is 0 Å². The lowest BCUT2D eigenvalue weighted by atomic mass is 10.1. The van der Waals surface area contributed by atoms with E-state index in [-0.39, 0.29) is 0 Å². The molecule has 0 aromatic heterocycles. The van der Waals surface area contributed by atoms with Gasteiger partial charge in [-0.05, 0) is 43.7 Å². The van der Waals surface area contributed by atoms with Crippen molar-refractivity contribution in [3.05, 3.63) is 23.8 Å². The van der Waals surface area contributed by atoms with Gasteiger partial charge in [0.25, 0.3) is 0 Å². The topological polar surface area (TPSA) is 32.3 Å². The largest absolute Gasteiger partial charge is 0.508 e. The van der Waals surface area contributed by atoms with Gasteiger partial charge in [0.15, 0.2) is 0 Å². The summed E-state index contributed by atoms with van der Waals surface area (Å²) in [4.78, 5) is 0. The van der Waals surface area contributed by atoms with Crippen LogP contribution in [0.15, 0.2) is 18.2 Å². The molecular weight excluding hydrogens is 186 g/mol. The molecule has 2 rings (SSSR count). The summed E-state index contributed by atoms with van der Waals surface area (Å²) in [6, 6.07) is 6.39. The van der Waals surface area contributed by atoms with Crippen molar-refractivity contribution in [3.8, 4) is 5.75 Å². The molecule has 1 saturated carbocycles. The number of nitrogens with one attached hydrogen (secondary N) is 1. The van der Waals surface area contributed by atoms with Crippen LogP contribution in [0.25, 0.3) is 0 Å². The van der Waals surface area contributed by atoms with E-state index in [0.717, 1.165) is 23.6 Å². The minimum absolute atomic E-state index is 0.380. The van der Waals surface area contributed by atoms with Crippen LogP contribution < -0.4 is 5.32 Å². The molecule has 1 aromatic carbocycles. The highest BCUT2D eigenvalue weighted by molar-refractivity contribution is 5.51. The van der Waals surface area contributed by atoms with Gasteiger partial charge >= 0.3 is 0 Å². The molecule has 0 aliphatic heterocycles. The molecule has 1 fully saturated rings. The Morgan fingerprint density at radius 2 is 2.20 bits per heavy atom. The van der Waals surface area contributed by atoms with Gasteiger partial charge < -0.3 is 10.4 Å². The van der Waals surface area contributed by atoms with Crippen LogP contribution in [0.5, 0.6) is 5.75 Å². The Labute approximate surface area is 91.3 Å². The molecule has 0 bridgehead atoms. The molecule has 1 aliphatic rings. The quantitative estimate of drug-likeness (QED) is 0.790. The van der Waals surface area contributed by atoms with Crippen LogP contribution in [-0.4, -0.2) is 11.1 Å². The second-order valence-corrected chi connectivity index (χ2v) is 4.50. The third-order valence-corrected chi connectivity index (χ3v) is 3.19. The molecule has 2 nitrogen and oxygen atoms in total. The number of benzene rings is 1. The zero-order valence-corrected chi connectivity index (χ0v) is 9.46. The second-order valence-electron chi connectivity index (χ2n) is 4.50. The molecule has 82 valence electrons. The Morgan fingerprint density at radius 3 is 2.73 bits per heavy atom. The SMILES string of the molecule is CCC(Nc1ccc(C)c(O)c1)C1CC1. The molecule has 0 saturated heterocycles. The number of aryl methyl sites for hydroxylation is 1. The molecule has 1 aliphatic carbocycles. The zero-order valence-electron chi connectivity index (χ0n) is 9.46. The number of phenols is 1. The maximum atomic E-state index is 9.60. The number of hydrogen-bond donors (Lipinski definition) is 2.